The summed E-state index contributed by atoms with van der Waals surface area (Å²) in [7, 11) is 0. The molecule has 0 bridgehead atoms. The minimum Gasteiger partial charge on any atom is -0.494 e. The van der Waals surface area contributed by atoms with E-state index in [1.165, 1.54) is 12.4 Å². The van der Waals surface area contributed by atoms with Gasteiger partial charge in [-0.25, -0.2) is 9.97 Å². The fraction of sp³-hybridized carbons (Fsp3) is 0.250. The quantitative estimate of drug-likeness (QED) is 0.657. The summed E-state index contributed by atoms with van der Waals surface area (Å²) in [5, 5.41) is 0. The van der Waals surface area contributed by atoms with E-state index >= 15 is 0 Å². The standard InChI is InChI=1S/C16H19N5O4/c1-3-24-11-4-6-12(7-5-11)25-10(2)15(22)20-21-16(23)13-14(17)19-9-8-18-13/h4-10H,3H2,1-2H3,(H2,17,19)(H,20,22)(H,21,23)/t10-/m0/s1. The minimum atomic E-state index is -0.836. The number of anilines is 1. The van der Waals surface area contributed by atoms with Gasteiger partial charge in [0.15, 0.2) is 17.6 Å². The highest BCUT2D eigenvalue weighted by atomic mass is 16.5. The van der Waals surface area contributed by atoms with E-state index in [1.807, 2.05) is 6.92 Å². The molecule has 1 aromatic heterocycles. The van der Waals surface area contributed by atoms with Crippen LogP contribution < -0.4 is 26.1 Å². The first-order valence-corrected chi connectivity index (χ1v) is 7.57. The zero-order valence-electron chi connectivity index (χ0n) is 13.9. The Morgan fingerprint density at radius 1 is 1.12 bits per heavy atom. The summed E-state index contributed by atoms with van der Waals surface area (Å²) in [5.41, 5.74) is 9.92. The van der Waals surface area contributed by atoms with E-state index in [0.717, 1.165) is 0 Å². The van der Waals surface area contributed by atoms with E-state index in [2.05, 4.69) is 20.8 Å². The first-order chi connectivity index (χ1) is 12.0. The fourth-order valence-electron chi connectivity index (χ4n) is 1.84. The molecule has 0 saturated heterocycles. The number of hydrogen-bond donors (Lipinski definition) is 3. The van der Waals surface area contributed by atoms with Crippen molar-refractivity contribution in [2.45, 2.75) is 20.0 Å². The van der Waals surface area contributed by atoms with Crippen LogP contribution in [0.15, 0.2) is 36.7 Å². The summed E-state index contributed by atoms with van der Waals surface area (Å²) in [6.07, 6.45) is 1.85. The van der Waals surface area contributed by atoms with Gasteiger partial charge in [-0.3, -0.25) is 20.4 Å². The second-order valence-electron chi connectivity index (χ2n) is 4.90. The van der Waals surface area contributed by atoms with Crippen molar-refractivity contribution in [3.8, 4) is 11.5 Å². The van der Waals surface area contributed by atoms with E-state index in [9.17, 15) is 9.59 Å². The third-order valence-electron chi connectivity index (χ3n) is 3.06. The highest BCUT2D eigenvalue weighted by Crippen LogP contribution is 2.18. The molecule has 0 saturated carbocycles. The zero-order chi connectivity index (χ0) is 18.2. The number of rotatable bonds is 6. The third kappa shape index (κ3) is 5.06. The zero-order valence-corrected chi connectivity index (χ0v) is 13.9. The third-order valence-corrected chi connectivity index (χ3v) is 3.06. The monoisotopic (exact) mass is 345 g/mol. The van der Waals surface area contributed by atoms with Crippen molar-refractivity contribution in [1.82, 2.24) is 20.8 Å². The average Bonchev–Trinajstić information content (AvgIpc) is 2.61. The smallest absolute Gasteiger partial charge is 0.292 e. The van der Waals surface area contributed by atoms with Gasteiger partial charge in [0.1, 0.15) is 11.5 Å². The molecule has 0 radical (unpaired) electrons. The summed E-state index contributed by atoms with van der Waals surface area (Å²) in [4.78, 5) is 31.4. The van der Waals surface area contributed by atoms with E-state index in [-0.39, 0.29) is 11.5 Å². The number of amides is 2. The Labute approximate surface area is 144 Å². The molecule has 25 heavy (non-hydrogen) atoms. The lowest BCUT2D eigenvalue weighted by Gasteiger charge is -2.15. The molecule has 0 spiro atoms. The van der Waals surface area contributed by atoms with E-state index < -0.39 is 17.9 Å². The molecule has 9 heteroatoms. The summed E-state index contributed by atoms with van der Waals surface area (Å²) in [6, 6.07) is 6.85. The highest BCUT2D eigenvalue weighted by Gasteiger charge is 2.17. The van der Waals surface area contributed by atoms with Gasteiger partial charge in [-0.1, -0.05) is 0 Å². The van der Waals surface area contributed by atoms with Crippen LogP contribution in [0.3, 0.4) is 0 Å². The molecule has 4 N–H and O–H groups in total. The summed E-state index contributed by atoms with van der Waals surface area (Å²) >= 11 is 0. The SMILES string of the molecule is CCOc1ccc(O[C@@H](C)C(=O)NNC(=O)c2nccnc2N)cc1. The normalized spacial score (nSPS) is 11.3. The minimum absolute atomic E-state index is 0.0343. The van der Waals surface area contributed by atoms with Crippen LogP contribution in [0.25, 0.3) is 0 Å². The Hall–Kier alpha value is -3.36. The first-order valence-electron chi connectivity index (χ1n) is 7.57. The number of nitrogens with one attached hydrogen (secondary N) is 2. The largest absolute Gasteiger partial charge is 0.494 e. The maximum absolute atomic E-state index is 12.0. The molecule has 1 atom stereocenters. The molecule has 0 aliphatic heterocycles. The van der Waals surface area contributed by atoms with Gasteiger partial charge in [-0.05, 0) is 38.1 Å². The van der Waals surface area contributed by atoms with Gasteiger partial charge in [0, 0.05) is 12.4 Å². The number of carbonyl (C=O) groups excluding carboxylic acids is 2. The van der Waals surface area contributed by atoms with Crippen molar-refractivity contribution in [3.63, 3.8) is 0 Å². The maximum atomic E-state index is 12.0. The molecule has 9 nitrogen and oxygen atoms in total. The lowest BCUT2D eigenvalue weighted by atomic mass is 10.3. The van der Waals surface area contributed by atoms with Gasteiger partial charge in [-0.15, -0.1) is 0 Å². The number of hydrogen-bond acceptors (Lipinski definition) is 7. The Bertz CT molecular complexity index is 736. The summed E-state index contributed by atoms with van der Waals surface area (Å²) < 4.78 is 10.8. The number of aromatic nitrogens is 2. The van der Waals surface area contributed by atoms with Crippen molar-refractivity contribution < 1.29 is 19.1 Å². The number of nitrogens with zero attached hydrogens (tertiary/aromatic N) is 2. The van der Waals surface area contributed by atoms with Crippen LogP contribution in [0.5, 0.6) is 11.5 Å². The molecule has 0 aliphatic carbocycles. The molecular weight excluding hydrogens is 326 g/mol. The molecule has 0 fully saturated rings. The van der Waals surface area contributed by atoms with Crippen molar-refractivity contribution >= 4 is 17.6 Å². The topological polar surface area (TPSA) is 128 Å². The Morgan fingerprint density at radius 3 is 2.40 bits per heavy atom. The Balaban J connectivity index is 1.85. The van der Waals surface area contributed by atoms with Crippen LogP contribution in [-0.4, -0.2) is 34.5 Å². The first kappa shape index (κ1) is 18.0. The van der Waals surface area contributed by atoms with E-state index in [0.29, 0.717) is 18.1 Å². The maximum Gasteiger partial charge on any atom is 0.292 e. The van der Waals surface area contributed by atoms with Gasteiger partial charge < -0.3 is 15.2 Å². The lowest BCUT2D eigenvalue weighted by Crippen LogP contribution is -2.47. The van der Waals surface area contributed by atoms with Crippen molar-refractivity contribution in [2.24, 2.45) is 0 Å². The van der Waals surface area contributed by atoms with Crippen LogP contribution >= 0.6 is 0 Å². The number of benzene rings is 1. The van der Waals surface area contributed by atoms with Crippen molar-refractivity contribution in [1.29, 1.82) is 0 Å². The number of nitrogen functional groups attached to an aromatic ring is 1. The molecule has 1 heterocycles. The number of ether oxygens (including phenoxy) is 2. The van der Waals surface area contributed by atoms with Gasteiger partial charge >= 0.3 is 0 Å². The Morgan fingerprint density at radius 2 is 1.76 bits per heavy atom. The summed E-state index contributed by atoms with van der Waals surface area (Å²) in [5.74, 6) is -0.0405. The molecule has 0 unspecified atom stereocenters. The van der Waals surface area contributed by atoms with Crippen LogP contribution in [0, 0.1) is 0 Å². The average molecular weight is 345 g/mol. The lowest BCUT2D eigenvalue weighted by molar-refractivity contribution is -0.128. The molecule has 0 aliphatic rings. The highest BCUT2D eigenvalue weighted by molar-refractivity contribution is 5.97. The molecule has 2 rings (SSSR count). The second-order valence-corrected chi connectivity index (χ2v) is 4.90. The van der Waals surface area contributed by atoms with Gasteiger partial charge in [0.2, 0.25) is 0 Å². The second kappa shape index (κ2) is 8.48. The molecule has 1 aromatic carbocycles. The molecular formula is C16H19N5O4. The van der Waals surface area contributed by atoms with Crippen LogP contribution in [-0.2, 0) is 4.79 Å². The fourth-order valence-corrected chi connectivity index (χ4v) is 1.84. The van der Waals surface area contributed by atoms with Crippen LogP contribution in [0.4, 0.5) is 5.82 Å². The number of nitrogens with two attached hydrogens (primary N) is 1. The predicted octanol–water partition coefficient (Wildman–Crippen LogP) is 0.686. The molecule has 132 valence electrons. The van der Waals surface area contributed by atoms with E-state index in [1.54, 1.807) is 31.2 Å². The van der Waals surface area contributed by atoms with Gasteiger partial charge in [0.25, 0.3) is 11.8 Å². The Kier molecular flexibility index (Phi) is 6.10. The molecule has 2 aromatic rings. The number of hydrazine groups is 1. The summed E-state index contributed by atoms with van der Waals surface area (Å²) in [6.45, 7) is 4.00. The molecule has 2 amide bonds. The predicted molar refractivity (Wildman–Crippen MR) is 89.8 cm³/mol. The van der Waals surface area contributed by atoms with Crippen LogP contribution in [0.2, 0.25) is 0 Å². The van der Waals surface area contributed by atoms with Crippen molar-refractivity contribution in [3.05, 3.63) is 42.4 Å². The van der Waals surface area contributed by atoms with Crippen molar-refractivity contribution in [2.75, 3.05) is 12.3 Å². The number of carbonyl (C=O) groups is 2. The van der Waals surface area contributed by atoms with Gasteiger partial charge in [-0.2, -0.15) is 0 Å². The van der Waals surface area contributed by atoms with Crippen LogP contribution in [0.1, 0.15) is 24.3 Å². The van der Waals surface area contributed by atoms with Gasteiger partial charge in [0.05, 0.1) is 6.61 Å². The van der Waals surface area contributed by atoms with E-state index in [4.69, 9.17) is 15.2 Å².